The molecule has 0 aliphatic rings. The summed E-state index contributed by atoms with van der Waals surface area (Å²) in [6.45, 7) is 18.3. The lowest BCUT2D eigenvalue weighted by atomic mass is 10.1. The third-order valence-corrected chi connectivity index (χ3v) is 3.04. The first-order valence-corrected chi connectivity index (χ1v) is 8.46. The molecule has 132 valence electrons. The van der Waals surface area contributed by atoms with E-state index in [4.69, 9.17) is 14.2 Å². The predicted molar refractivity (Wildman–Crippen MR) is 95.5 cm³/mol. The smallest absolute Gasteiger partial charge is 0.0724 e. The molecule has 0 saturated heterocycles. The van der Waals surface area contributed by atoms with E-state index in [1.807, 2.05) is 0 Å². The summed E-state index contributed by atoms with van der Waals surface area (Å²) in [6.07, 6.45) is 0.221. The summed E-state index contributed by atoms with van der Waals surface area (Å²) >= 11 is 0. The van der Waals surface area contributed by atoms with Gasteiger partial charge in [-0.25, -0.2) is 0 Å². The number of hydrogen-bond acceptors (Lipinski definition) is 3. The largest absolute Gasteiger partial charge is 0.374 e. The highest BCUT2D eigenvalue weighted by Crippen LogP contribution is 2.19. The monoisotopic (exact) mass is 322 g/mol. The first kappa shape index (κ1) is 20.1. The zero-order valence-electron chi connectivity index (χ0n) is 16.2. The van der Waals surface area contributed by atoms with E-state index in [0.29, 0.717) is 19.8 Å². The molecule has 0 fully saturated rings. The average molecular weight is 322 g/mol. The minimum Gasteiger partial charge on any atom is -0.374 e. The van der Waals surface area contributed by atoms with Crippen LogP contribution in [0.5, 0.6) is 0 Å². The van der Waals surface area contributed by atoms with Gasteiger partial charge in [0, 0.05) is 0 Å². The highest BCUT2D eigenvalue weighted by molar-refractivity contribution is 5.29. The fourth-order valence-corrected chi connectivity index (χ4v) is 1.95. The van der Waals surface area contributed by atoms with Crippen molar-refractivity contribution in [2.75, 3.05) is 0 Å². The van der Waals surface area contributed by atoms with Gasteiger partial charge in [0.2, 0.25) is 0 Å². The molecule has 0 aliphatic carbocycles. The van der Waals surface area contributed by atoms with E-state index in [9.17, 15) is 0 Å². The second-order valence-corrected chi connectivity index (χ2v) is 8.32. The number of hydrogen-bond donors (Lipinski definition) is 0. The van der Waals surface area contributed by atoms with Gasteiger partial charge < -0.3 is 14.2 Å². The normalized spacial score (nSPS) is 12.9. The molecule has 3 nitrogen and oxygen atoms in total. The lowest BCUT2D eigenvalue weighted by Crippen LogP contribution is -2.20. The molecular formula is C20H34O3. The molecular weight excluding hydrogens is 288 g/mol. The van der Waals surface area contributed by atoms with Crippen molar-refractivity contribution in [3.63, 3.8) is 0 Å². The molecule has 0 amide bonds. The molecule has 0 unspecified atom stereocenters. The van der Waals surface area contributed by atoms with Gasteiger partial charge in [-0.2, -0.15) is 0 Å². The van der Waals surface area contributed by atoms with Crippen LogP contribution >= 0.6 is 0 Å². The van der Waals surface area contributed by atoms with Crippen molar-refractivity contribution in [2.45, 2.75) is 92.5 Å². The van der Waals surface area contributed by atoms with E-state index in [1.54, 1.807) is 0 Å². The molecule has 1 rings (SSSR count). The highest BCUT2D eigenvalue weighted by atomic mass is 16.5. The quantitative estimate of drug-likeness (QED) is 0.687. The lowest BCUT2D eigenvalue weighted by molar-refractivity contribution is -0.0173. The molecule has 0 radical (unpaired) electrons. The highest BCUT2D eigenvalue weighted by Gasteiger charge is 2.13. The van der Waals surface area contributed by atoms with E-state index in [-0.39, 0.29) is 17.3 Å². The van der Waals surface area contributed by atoms with Crippen LogP contribution < -0.4 is 0 Å². The van der Waals surface area contributed by atoms with Crippen LogP contribution in [0, 0.1) is 0 Å². The summed E-state index contributed by atoms with van der Waals surface area (Å²) in [7, 11) is 0. The Hall–Kier alpha value is -0.900. The van der Waals surface area contributed by atoms with Crippen molar-refractivity contribution in [3.05, 3.63) is 34.9 Å². The Morgan fingerprint density at radius 1 is 0.696 bits per heavy atom. The fourth-order valence-electron chi connectivity index (χ4n) is 1.95. The molecule has 0 aliphatic heterocycles. The van der Waals surface area contributed by atoms with Crippen LogP contribution in [0.2, 0.25) is 0 Å². The van der Waals surface area contributed by atoms with Crippen LogP contribution in [-0.4, -0.2) is 17.3 Å². The van der Waals surface area contributed by atoms with E-state index >= 15 is 0 Å². The minimum absolute atomic E-state index is 0.146. The number of ether oxygens (including phenoxy) is 3. The van der Waals surface area contributed by atoms with Gasteiger partial charge in [-0.15, -0.1) is 0 Å². The Kier molecular flexibility index (Phi) is 7.25. The SMILES string of the molecule is CC(C)OCc1cc(COC(C)(C)C)cc(COC(C)(C)C)c1. The molecule has 0 saturated carbocycles. The summed E-state index contributed by atoms with van der Waals surface area (Å²) in [6, 6.07) is 6.49. The molecule has 3 heteroatoms. The van der Waals surface area contributed by atoms with Gasteiger partial charge in [-0.05, 0) is 72.1 Å². The summed E-state index contributed by atoms with van der Waals surface area (Å²) < 4.78 is 17.6. The first-order chi connectivity index (χ1) is 10.4. The van der Waals surface area contributed by atoms with E-state index in [0.717, 1.165) is 11.1 Å². The number of rotatable bonds is 7. The van der Waals surface area contributed by atoms with Crippen LogP contribution in [0.1, 0.15) is 72.1 Å². The third-order valence-electron chi connectivity index (χ3n) is 3.04. The minimum atomic E-state index is -0.146. The van der Waals surface area contributed by atoms with Crippen LogP contribution in [-0.2, 0) is 34.0 Å². The maximum Gasteiger partial charge on any atom is 0.0724 e. The van der Waals surface area contributed by atoms with Crippen LogP contribution in [0.3, 0.4) is 0 Å². The van der Waals surface area contributed by atoms with Gasteiger partial charge in [-0.1, -0.05) is 18.2 Å². The van der Waals surface area contributed by atoms with Crippen LogP contribution in [0.15, 0.2) is 18.2 Å². The average Bonchev–Trinajstić information content (AvgIpc) is 2.39. The predicted octanol–water partition coefficient (Wildman–Crippen LogP) is 5.24. The summed E-state index contributed by atoms with van der Waals surface area (Å²) in [5.74, 6) is 0. The molecule has 0 spiro atoms. The Balaban J connectivity index is 2.87. The zero-order valence-corrected chi connectivity index (χ0v) is 16.2. The van der Waals surface area contributed by atoms with E-state index < -0.39 is 0 Å². The molecule has 0 atom stereocenters. The molecule has 1 aromatic rings. The standard InChI is InChI=1S/C20H34O3/c1-15(2)21-12-16-9-17(13-22-19(3,4)5)11-18(10-16)14-23-20(6,7)8/h9-11,15H,12-14H2,1-8H3. The maximum atomic E-state index is 5.91. The Morgan fingerprint density at radius 3 is 1.35 bits per heavy atom. The molecule has 0 bridgehead atoms. The van der Waals surface area contributed by atoms with Gasteiger partial charge in [0.15, 0.2) is 0 Å². The van der Waals surface area contributed by atoms with Crippen LogP contribution in [0.25, 0.3) is 0 Å². The van der Waals surface area contributed by atoms with Gasteiger partial charge in [0.05, 0.1) is 37.1 Å². The topological polar surface area (TPSA) is 27.7 Å². The summed E-state index contributed by atoms with van der Waals surface area (Å²) in [4.78, 5) is 0. The second kappa shape index (κ2) is 8.27. The summed E-state index contributed by atoms with van der Waals surface area (Å²) in [5.41, 5.74) is 3.20. The molecule has 23 heavy (non-hydrogen) atoms. The Morgan fingerprint density at radius 2 is 1.04 bits per heavy atom. The lowest BCUT2D eigenvalue weighted by Gasteiger charge is -2.22. The zero-order chi connectivity index (χ0) is 17.7. The molecule has 1 aromatic carbocycles. The van der Waals surface area contributed by atoms with Gasteiger partial charge in [0.25, 0.3) is 0 Å². The third kappa shape index (κ3) is 9.75. The molecule has 0 N–H and O–H groups in total. The van der Waals surface area contributed by atoms with E-state index in [2.05, 4.69) is 73.6 Å². The van der Waals surface area contributed by atoms with E-state index in [1.165, 1.54) is 5.56 Å². The van der Waals surface area contributed by atoms with Crippen molar-refractivity contribution < 1.29 is 14.2 Å². The maximum absolute atomic E-state index is 5.91. The Labute approximate surface area is 142 Å². The molecule has 0 heterocycles. The summed E-state index contributed by atoms with van der Waals surface area (Å²) in [5, 5.41) is 0. The van der Waals surface area contributed by atoms with Crippen LogP contribution in [0.4, 0.5) is 0 Å². The van der Waals surface area contributed by atoms with Crippen molar-refractivity contribution >= 4 is 0 Å². The fraction of sp³-hybridized carbons (Fsp3) is 0.700. The first-order valence-electron chi connectivity index (χ1n) is 8.46. The number of benzene rings is 1. The van der Waals surface area contributed by atoms with Crippen molar-refractivity contribution in [3.8, 4) is 0 Å². The van der Waals surface area contributed by atoms with Gasteiger partial charge in [0.1, 0.15) is 0 Å². The van der Waals surface area contributed by atoms with Gasteiger partial charge in [-0.3, -0.25) is 0 Å². The Bertz CT molecular complexity index is 442. The van der Waals surface area contributed by atoms with Crippen molar-refractivity contribution in [1.29, 1.82) is 0 Å². The van der Waals surface area contributed by atoms with Crippen molar-refractivity contribution in [2.24, 2.45) is 0 Å². The van der Waals surface area contributed by atoms with Gasteiger partial charge >= 0.3 is 0 Å². The second-order valence-electron chi connectivity index (χ2n) is 8.32. The molecule has 0 aromatic heterocycles. The van der Waals surface area contributed by atoms with Crippen molar-refractivity contribution in [1.82, 2.24) is 0 Å².